The molecule has 0 radical (unpaired) electrons. The first kappa shape index (κ1) is 23.7. The summed E-state index contributed by atoms with van der Waals surface area (Å²) in [7, 11) is -3.27. The van der Waals surface area contributed by atoms with Crippen molar-refractivity contribution in [3.05, 3.63) is 52.7 Å². The summed E-state index contributed by atoms with van der Waals surface area (Å²) in [5, 5.41) is 5.64. The molecular formula is C19H17ClF3N5O3S. The van der Waals surface area contributed by atoms with Crippen molar-refractivity contribution in [2.24, 2.45) is 7.05 Å². The summed E-state index contributed by atoms with van der Waals surface area (Å²) < 4.78 is 66.5. The highest BCUT2D eigenvalue weighted by atomic mass is 35.5. The molecule has 0 aliphatic heterocycles. The van der Waals surface area contributed by atoms with Crippen LogP contribution in [0.3, 0.4) is 0 Å². The Morgan fingerprint density at radius 3 is 2.59 bits per heavy atom. The highest BCUT2D eigenvalue weighted by molar-refractivity contribution is 7.90. The number of aryl methyl sites for hydroxylation is 1. The molecule has 1 N–H and O–H groups in total. The molecule has 0 spiro atoms. The molecule has 0 aliphatic rings. The summed E-state index contributed by atoms with van der Waals surface area (Å²) in [6, 6.07) is 3.17. The van der Waals surface area contributed by atoms with Crippen LogP contribution < -0.4 is 5.32 Å². The van der Waals surface area contributed by atoms with Crippen LogP contribution in [-0.2, 0) is 33.6 Å². The van der Waals surface area contributed by atoms with E-state index in [2.05, 4.69) is 20.4 Å². The Morgan fingerprint density at radius 2 is 1.97 bits per heavy atom. The predicted molar refractivity (Wildman–Crippen MR) is 111 cm³/mol. The fourth-order valence-electron chi connectivity index (χ4n) is 3.08. The van der Waals surface area contributed by atoms with Crippen LogP contribution in [0.15, 0.2) is 35.6 Å². The molecule has 0 saturated carbocycles. The molecule has 0 unspecified atom stereocenters. The quantitative estimate of drug-likeness (QED) is 0.549. The number of sulfone groups is 1. The van der Waals surface area contributed by atoms with Gasteiger partial charge >= 0.3 is 6.18 Å². The van der Waals surface area contributed by atoms with Gasteiger partial charge in [-0.1, -0.05) is 11.6 Å². The molecule has 0 bridgehead atoms. The van der Waals surface area contributed by atoms with Crippen LogP contribution in [0, 0.1) is 6.92 Å². The van der Waals surface area contributed by atoms with Crippen molar-refractivity contribution >= 4 is 33.2 Å². The van der Waals surface area contributed by atoms with Gasteiger partial charge in [-0.05, 0) is 30.2 Å². The second kappa shape index (κ2) is 8.51. The molecule has 3 aromatic rings. The maximum atomic E-state index is 13.3. The minimum absolute atomic E-state index is 0.0547. The van der Waals surface area contributed by atoms with E-state index in [4.69, 9.17) is 11.6 Å². The molecule has 0 saturated heterocycles. The van der Waals surface area contributed by atoms with Crippen molar-refractivity contribution in [2.75, 3.05) is 5.32 Å². The lowest BCUT2D eigenvalue weighted by atomic mass is 10.0. The third-order valence-corrected chi connectivity index (χ3v) is 6.48. The van der Waals surface area contributed by atoms with Gasteiger partial charge in [-0.3, -0.25) is 9.48 Å². The smallest absolute Gasteiger partial charge is 0.311 e. The van der Waals surface area contributed by atoms with E-state index in [0.717, 1.165) is 10.9 Å². The Hall–Kier alpha value is -2.99. The van der Waals surface area contributed by atoms with Gasteiger partial charge in [0, 0.05) is 43.7 Å². The second-order valence-electron chi connectivity index (χ2n) is 6.95. The Morgan fingerprint density at radius 1 is 1.28 bits per heavy atom. The first-order valence-electron chi connectivity index (χ1n) is 9.01. The van der Waals surface area contributed by atoms with Crippen LogP contribution in [0.5, 0.6) is 0 Å². The van der Waals surface area contributed by atoms with E-state index in [-0.39, 0.29) is 22.4 Å². The number of pyridine rings is 2. The maximum Gasteiger partial charge on any atom is 0.436 e. The maximum absolute atomic E-state index is 13.3. The summed E-state index contributed by atoms with van der Waals surface area (Å²) in [5.41, 5.74) is 0.00858. The number of aromatic nitrogens is 4. The zero-order chi connectivity index (χ0) is 23.8. The van der Waals surface area contributed by atoms with Crippen molar-refractivity contribution in [1.82, 2.24) is 19.7 Å². The number of nitrogens with zero attached hydrogens (tertiary/aromatic N) is 4. The number of hydrogen-bond donors (Lipinski definition) is 1. The Bertz CT molecular complexity index is 1310. The van der Waals surface area contributed by atoms with E-state index in [1.54, 1.807) is 19.1 Å². The Labute approximate surface area is 186 Å². The molecule has 3 rings (SSSR count). The minimum Gasteiger partial charge on any atom is -0.311 e. The first-order chi connectivity index (χ1) is 14.8. The topological polar surface area (TPSA) is 107 Å². The molecule has 0 aliphatic carbocycles. The van der Waals surface area contributed by atoms with Crippen LogP contribution in [0.4, 0.5) is 19.0 Å². The lowest BCUT2D eigenvalue weighted by Crippen LogP contribution is -2.15. The number of carbonyl (C=O) groups is 1. The number of alkyl halides is 3. The van der Waals surface area contributed by atoms with Gasteiger partial charge in [-0.15, -0.1) is 0 Å². The lowest BCUT2D eigenvalue weighted by Gasteiger charge is -2.14. The van der Waals surface area contributed by atoms with Crippen molar-refractivity contribution in [2.45, 2.75) is 30.7 Å². The van der Waals surface area contributed by atoms with Crippen LogP contribution in [0.2, 0.25) is 5.15 Å². The summed E-state index contributed by atoms with van der Waals surface area (Å²) in [5.74, 6) is -0.871. The summed E-state index contributed by atoms with van der Waals surface area (Å²) in [6.45, 7) is 2.90. The van der Waals surface area contributed by atoms with Crippen LogP contribution in [0.1, 0.15) is 23.7 Å². The second-order valence-corrected chi connectivity index (χ2v) is 9.27. The molecule has 32 heavy (non-hydrogen) atoms. The van der Waals surface area contributed by atoms with Gasteiger partial charge in [0.15, 0.2) is 15.5 Å². The molecule has 13 heteroatoms. The van der Waals surface area contributed by atoms with Gasteiger partial charge in [-0.25, -0.2) is 18.4 Å². The molecule has 3 heterocycles. The SMILES string of the molecule is CC(=O)Nc1cc(-c2cnc(Cl)c(CS(=O)(=O)c3cn(C)nc3C(F)(F)F)c2C)ccn1. The molecule has 0 fully saturated rings. The molecular weight excluding hydrogens is 471 g/mol. The van der Waals surface area contributed by atoms with Gasteiger partial charge in [0.05, 0.1) is 5.75 Å². The standard InChI is InChI=1S/C19H17ClF3N5O3S/c1-10-13(12-4-5-24-16(6-12)26-11(2)29)7-25-18(20)14(10)9-32(30,31)15-8-28(3)27-17(15)19(21,22)23/h4-8H,9H2,1-3H3,(H,24,26,29). The molecule has 170 valence electrons. The highest BCUT2D eigenvalue weighted by Crippen LogP contribution is 2.36. The van der Waals surface area contributed by atoms with E-state index in [1.807, 2.05) is 0 Å². The number of halogens is 4. The van der Waals surface area contributed by atoms with Gasteiger partial charge in [-0.2, -0.15) is 18.3 Å². The third-order valence-electron chi connectivity index (χ3n) is 4.52. The predicted octanol–water partition coefficient (Wildman–Crippen LogP) is 3.79. The average molecular weight is 488 g/mol. The van der Waals surface area contributed by atoms with Gasteiger partial charge < -0.3 is 5.32 Å². The van der Waals surface area contributed by atoms with Crippen LogP contribution in [-0.4, -0.2) is 34.1 Å². The van der Waals surface area contributed by atoms with E-state index >= 15 is 0 Å². The fourth-order valence-corrected chi connectivity index (χ4v) is 5.07. The van der Waals surface area contributed by atoms with E-state index < -0.39 is 32.4 Å². The van der Waals surface area contributed by atoms with E-state index in [1.165, 1.54) is 26.4 Å². The lowest BCUT2D eigenvalue weighted by molar-refractivity contribution is -0.143. The average Bonchev–Trinajstić information content (AvgIpc) is 3.08. The molecule has 0 atom stereocenters. The Balaban J connectivity index is 2.07. The van der Waals surface area contributed by atoms with Crippen LogP contribution in [0.25, 0.3) is 11.1 Å². The summed E-state index contributed by atoms with van der Waals surface area (Å²) in [4.78, 5) is 18.4. The molecule has 3 aromatic heterocycles. The summed E-state index contributed by atoms with van der Waals surface area (Å²) >= 11 is 6.13. The van der Waals surface area contributed by atoms with Crippen molar-refractivity contribution in [1.29, 1.82) is 0 Å². The van der Waals surface area contributed by atoms with E-state index in [0.29, 0.717) is 16.7 Å². The number of anilines is 1. The zero-order valence-electron chi connectivity index (χ0n) is 17.0. The monoisotopic (exact) mass is 487 g/mol. The summed E-state index contributed by atoms with van der Waals surface area (Å²) in [6.07, 6.45) is -1.29. The number of rotatable bonds is 5. The molecule has 1 amide bonds. The van der Waals surface area contributed by atoms with Crippen molar-refractivity contribution < 1.29 is 26.4 Å². The van der Waals surface area contributed by atoms with Crippen molar-refractivity contribution in [3.8, 4) is 11.1 Å². The third kappa shape index (κ3) is 4.91. The highest BCUT2D eigenvalue weighted by Gasteiger charge is 2.41. The van der Waals surface area contributed by atoms with E-state index in [9.17, 15) is 26.4 Å². The molecule has 0 aromatic carbocycles. The number of amides is 1. The van der Waals surface area contributed by atoms with Gasteiger partial charge in [0.2, 0.25) is 5.91 Å². The number of hydrogen-bond acceptors (Lipinski definition) is 6. The first-order valence-corrected chi connectivity index (χ1v) is 11.0. The minimum atomic E-state index is -4.94. The zero-order valence-corrected chi connectivity index (χ0v) is 18.6. The van der Waals surface area contributed by atoms with Gasteiger partial charge in [0.1, 0.15) is 15.9 Å². The normalized spacial score (nSPS) is 12.1. The van der Waals surface area contributed by atoms with Gasteiger partial charge in [0.25, 0.3) is 0 Å². The Kier molecular flexibility index (Phi) is 6.29. The number of nitrogens with one attached hydrogen (secondary N) is 1. The molecule has 8 nitrogen and oxygen atoms in total. The number of carbonyl (C=O) groups excluding carboxylic acids is 1. The fraction of sp³-hybridized carbons (Fsp3) is 0.263. The van der Waals surface area contributed by atoms with Crippen LogP contribution >= 0.6 is 11.6 Å². The van der Waals surface area contributed by atoms with Crippen molar-refractivity contribution in [3.63, 3.8) is 0 Å². The largest absolute Gasteiger partial charge is 0.436 e.